The van der Waals surface area contributed by atoms with Crippen molar-refractivity contribution < 1.29 is 27.5 Å². The van der Waals surface area contributed by atoms with E-state index in [0.717, 1.165) is 4.90 Å². The Hall–Kier alpha value is -1.47. The second-order valence-electron chi connectivity index (χ2n) is 7.12. The first-order chi connectivity index (χ1) is 10.3. The minimum absolute atomic E-state index is 0.144. The molecule has 1 aliphatic rings. The monoisotopic (exact) mass is 338 g/mol. The van der Waals surface area contributed by atoms with Crippen molar-refractivity contribution >= 4 is 12.0 Å². The third-order valence-corrected chi connectivity index (χ3v) is 3.46. The van der Waals surface area contributed by atoms with Crippen molar-refractivity contribution in [1.82, 2.24) is 10.2 Å². The molecule has 1 N–H and O–H groups in total. The van der Waals surface area contributed by atoms with Crippen LogP contribution in [0.1, 0.15) is 47.5 Å². The summed E-state index contributed by atoms with van der Waals surface area (Å²) in [5, 5.41) is 2.55. The molecule has 0 saturated carbocycles. The van der Waals surface area contributed by atoms with Gasteiger partial charge in [0.1, 0.15) is 11.6 Å². The molecule has 0 aliphatic carbocycles. The van der Waals surface area contributed by atoms with Crippen LogP contribution in [0.25, 0.3) is 0 Å². The third-order valence-electron chi connectivity index (χ3n) is 3.46. The largest absolute Gasteiger partial charge is 0.444 e. The summed E-state index contributed by atoms with van der Waals surface area (Å²) in [5.41, 5.74) is -0.694. The lowest BCUT2D eigenvalue weighted by Gasteiger charge is -2.41. The van der Waals surface area contributed by atoms with E-state index in [4.69, 9.17) is 4.74 Å². The number of nitrogens with one attached hydrogen (secondary N) is 1. The van der Waals surface area contributed by atoms with Crippen molar-refractivity contribution in [3.05, 3.63) is 0 Å². The van der Waals surface area contributed by atoms with Crippen molar-refractivity contribution in [3.8, 4) is 0 Å². The van der Waals surface area contributed by atoms with Crippen molar-refractivity contribution in [3.63, 3.8) is 0 Å². The van der Waals surface area contributed by atoms with E-state index in [0.29, 0.717) is 0 Å². The number of hydrogen-bond acceptors (Lipinski definition) is 3. The topological polar surface area (TPSA) is 58.6 Å². The van der Waals surface area contributed by atoms with Crippen LogP contribution in [0.15, 0.2) is 0 Å². The minimum Gasteiger partial charge on any atom is -0.444 e. The first kappa shape index (κ1) is 19.6. The van der Waals surface area contributed by atoms with E-state index in [-0.39, 0.29) is 19.4 Å². The first-order valence-corrected chi connectivity index (χ1v) is 7.68. The molecule has 1 heterocycles. The SMILES string of the molecule is CC(C)C(=O)N1CC(NC(=O)OC(C)(C)C)CCC1C(F)(F)F. The van der Waals surface area contributed by atoms with Gasteiger partial charge in [0.05, 0.1) is 0 Å². The van der Waals surface area contributed by atoms with E-state index in [1.54, 1.807) is 34.6 Å². The summed E-state index contributed by atoms with van der Waals surface area (Å²) in [6.45, 7) is 8.03. The highest BCUT2D eigenvalue weighted by Crippen LogP contribution is 2.32. The second kappa shape index (κ2) is 6.97. The van der Waals surface area contributed by atoms with Crippen molar-refractivity contribution in [2.24, 2.45) is 5.92 Å². The van der Waals surface area contributed by atoms with E-state index in [1.165, 1.54) is 0 Å². The molecule has 1 aliphatic heterocycles. The van der Waals surface area contributed by atoms with Gasteiger partial charge in [-0.25, -0.2) is 4.79 Å². The number of likely N-dealkylation sites (tertiary alicyclic amines) is 1. The molecule has 1 fully saturated rings. The van der Waals surface area contributed by atoms with Gasteiger partial charge in [0, 0.05) is 18.5 Å². The Morgan fingerprint density at radius 2 is 1.74 bits per heavy atom. The summed E-state index contributed by atoms with van der Waals surface area (Å²) >= 11 is 0. The van der Waals surface area contributed by atoms with Crippen molar-refractivity contribution in [2.75, 3.05) is 6.54 Å². The van der Waals surface area contributed by atoms with Crippen LogP contribution >= 0.6 is 0 Å². The van der Waals surface area contributed by atoms with E-state index in [1.807, 2.05) is 0 Å². The van der Waals surface area contributed by atoms with Gasteiger partial charge in [-0.1, -0.05) is 13.8 Å². The molecule has 1 rings (SSSR count). The Morgan fingerprint density at radius 3 is 2.17 bits per heavy atom. The molecule has 0 bridgehead atoms. The van der Waals surface area contributed by atoms with Crippen molar-refractivity contribution in [1.29, 1.82) is 0 Å². The quantitative estimate of drug-likeness (QED) is 0.842. The number of carbonyl (C=O) groups is 2. The van der Waals surface area contributed by atoms with Gasteiger partial charge in [-0.2, -0.15) is 13.2 Å². The zero-order chi connectivity index (χ0) is 18.0. The molecular weight excluding hydrogens is 313 g/mol. The van der Waals surface area contributed by atoms with Gasteiger partial charge in [0.15, 0.2) is 0 Å². The van der Waals surface area contributed by atoms with E-state index >= 15 is 0 Å². The van der Waals surface area contributed by atoms with Crippen LogP contribution in [0.5, 0.6) is 0 Å². The molecule has 134 valence electrons. The first-order valence-electron chi connectivity index (χ1n) is 7.68. The van der Waals surface area contributed by atoms with E-state index in [2.05, 4.69) is 5.32 Å². The highest BCUT2D eigenvalue weighted by Gasteiger charge is 2.48. The molecule has 2 amide bonds. The molecule has 0 aromatic rings. The third kappa shape index (κ3) is 5.91. The van der Waals surface area contributed by atoms with Gasteiger partial charge in [-0.3, -0.25) is 4.79 Å². The maximum absolute atomic E-state index is 13.1. The van der Waals surface area contributed by atoms with Gasteiger partial charge >= 0.3 is 12.3 Å². The number of hydrogen-bond donors (Lipinski definition) is 1. The second-order valence-corrected chi connectivity index (χ2v) is 7.12. The Balaban J connectivity index is 2.79. The lowest BCUT2D eigenvalue weighted by molar-refractivity contribution is -0.198. The van der Waals surface area contributed by atoms with Gasteiger partial charge in [-0.05, 0) is 33.6 Å². The Labute approximate surface area is 134 Å². The fourth-order valence-corrected chi connectivity index (χ4v) is 2.48. The number of alkyl halides is 3. The van der Waals surface area contributed by atoms with Crippen LogP contribution in [0.2, 0.25) is 0 Å². The Kier molecular flexibility index (Phi) is 5.93. The molecule has 5 nitrogen and oxygen atoms in total. The van der Waals surface area contributed by atoms with Crippen LogP contribution in [0.3, 0.4) is 0 Å². The van der Waals surface area contributed by atoms with Gasteiger partial charge < -0.3 is 15.0 Å². The van der Waals surface area contributed by atoms with E-state index < -0.39 is 41.8 Å². The maximum atomic E-state index is 13.1. The molecule has 0 aromatic carbocycles. The normalized spacial score (nSPS) is 22.9. The van der Waals surface area contributed by atoms with Crippen LogP contribution < -0.4 is 5.32 Å². The molecule has 1 saturated heterocycles. The maximum Gasteiger partial charge on any atom is 0.408 e. The Morgan fingerprint density at radius 1 is 1.17 bits per heavy atom. The standard InChI is InChI=1S/C15H25F3N2O3/c1-9(2)12(21)20-8-10(6-7-11(20)15(16,17)18)19-13(22)23-14(3,4)5/h9-11H,6-8H2,1-5H3,(H,19,22). The van der Waals surface area contributed by atoms with Crippen LogP contribution in [-0.4, -0.2) is 47.3 Å². The lowest BCUT2D eigenvalue weighted by atomic mass is 9.96. The number of ether oxygens (including phenoxy) is 1. The molecule has 8 heteroatoms. The number of carbonyl (C=O) groups excluding carboxylic acids is 2. The van der Waals surface area contributed by atoms with Gasteiger partial charge in [0.25, 0.3) is 0 Å². The predicted octanol–water partition coefficient (Wildman–Crippen LogP) is 3.09. The highest BCUT2D eigenvalue weighted by molar-refractivity contribution is 5.79. The molecule has 0 aromatic heterocycles. The van der Waals surface area contributed by atoms with E-state index in [9.17, 15) is 22.8 Å². The zero-order valence-electron chi connectivity index (χ0n) is 14.2. The molecular formula is C15H25F3N2O3. The summed E-state index contributed by atoms with van der Waals surface area (Å²) in [5.74, 6) is -1.11. The summed E-state index contributed by atoms with van der Waals surface area (Å²) in [6.07, 6.45) is -5.25. The van der Waals surface area contributed by atoms with Gasteiger partial charge in [-0.15, -0.1) is 0 Å². The number of alkyl carbamates (subject to hydrolysis) is 1. The zero-order valence-corrected chi connectivity index (χ0v) is 14.2. The fourth-order valence-electron chi connectivity index (χ4n) is 2.48. The fraction of sp³-hybridized carbons (Fsp3) is 0.867. The average molecular weight is 338 g/mol. The summed E-state index contributed by atoms with van der Waals surface area (Å²) in [6, 6.07) is -2.35. The van der Waals surface area contributed by atoms with Crippen LogP contribution in [-0.2, 0) is 9.53 Å². The van der Waals surface area contributed by atoms with Crippen molar-refractivity contribution in [2.45, 2.75) is 71.3 Å². The molecule has 0 spiro atoms. The predicted molar refractivity (Wildman–Crippen MR) is 78.8 cm³/mol. The molecule has 2 unspecified atom stereocenters. The summed E-state index contributed by atoms with van der Waals surface area (Å²) in [4.78, 5) is 24.7. The van der Waals surface area contributed by atoms with Gasteiger partial charge in [0.2, 0.25) is 5.91 Å². The minimum atomic E-state index is -4.47. The number of halogens is 3. The summed E-state index contributed by atoms with van der Waals surface area (Å²) in [7, 11) is 0. The number of rotatable bonds is 2. The average Bonchev–Trinajstić information content (AvgIpc) is 2.33. The number of piperidine rings is 1. The lowest BCUT2D eigenvalue weighted by Crippen LogP contribution is -2.59. The van der Waals surface area contributed by atoms with Crippen LogP contribution in [0, 0.1) is 5.92 Å². The molecule has 0 radical (unpaired) electrons. The summed E-state index contributed by atoms with van der Waals surface area (Å²) < 4.78 is 44.5. The van der Waals surface area contributed by atoms with Crippen LogP contribution in [0.4, 0.5) is 18.0 Å². The molecule has 2 atom stereocenters. The number of nitrogens with zero attached hydrogens (tertiary/aromatic N) is 1. The molecule has 23 heavy (non-hydrogen) atoms. The Bertz CT molecular complexity index is 444. The number of amides is 2. The smallest absolute Gasteiger partial charge is 0.408 e. The highest BCUT2D eigenvalue weighted by atomic mass is 19.4.